The Morgan fingerprint density at radius 3 is 2.17 bits per heavy atom. The van der Waals surface area contributed by atoms with E-state index < -0.39 is 10.0 Å². The summed E-state index contributed by atoms with van der Waals surface area (Å²) in [4.78, 5) is 17.5. The van der Waals surface area contributed by atoms with E-state index in [-0.39, 0.29) is 17.3 Å². The van der Waals surface area contributed by atoms with Crippen LogP contribution in [0.25, 0.3) is 0 Å². The number of aryl methyl sites for hydroxylation is 3. The van der Waals surface area contributed by atoms with E-state index in [1.807, 2.05) is 51.1 Å². The normalized spacial score (nSPS) is 14.2. The number of nitrogens with zero attached hydrogens (tertiary/aromatic N) is 3. The number of sulfonamides is 1. The number of amides is 1. The van der Waals surface area contributed by atoms with Gasteiger partial charge in [0.1, 0.15) is 6.54 Å². The van der Waals surface area contributed by atoms with Crippen molar-refractivity contribution >= 4 is 38.9 Å². The summed E-state index contributed by atoms with van der Waals surface area (Å²) in [6.07, 6.45) is 0. The minimum atomic E-state index is -3.92. The lowest BCUT2D eigenvalue weighted by Crippen LogP contribution is -2.52. The molecule has 1 amide bonds. The van der Waals surface area contributed by atoms with E-state index in [2.05, 4.69) is 4.90 Å². The molecule has 0 N–H and O–H groups in total. The number of hydrogen-bond acceptors (Lipinski definition) is 4. The van der Waals surface area contributed by atoms with Gasteiger partial charge in [0, 0.05) is 36.9 Å². The van der Waals surface area contributed by atoms with Crippen molar-refractivity contribution in [1.82, 2.24) is 4.90 Å². The van der Waals surface area contributed by atoms with Crippen molar-refractivity contribution in [2.24, 2.45) is 0 Å². The van der Waals surface area contributed by atoms with E-state index in [0.717, 1.165) is 22.4 Å². The van der Waals surface area contributed by atoms with Gasteiger partial charge in [-0.3, -0.25) is 9.10 Å². The Labute approximate surface area is 212 Å². The molecule has 3 aromatic rings. The first-order valence-electron chi connectivity index (χ1n) is 11.6. The van der Waals surface area contributed by atoms with E-state index in [1.54, 1.807) is 41.3 Å². The Hall–Kier alpha value is -3.03. The average molecular weight is 512 g/mol. The fourth-order valence-corrected chi connectivity index (χ4v) is 5.85. The second-order valence-electron chi connectivity index (χ2n) is 8.89. The van der Waals surface area contributed by atoms with Gasteiger partial charge in [0.15, 0.2) is 0 Å². The van der Waals surface area contributed by atoms with Crippen molar-refractivity contribution < 1.29 is 13.2 Å². The molecule has 3 aromatic carbocycles. The topological polar surface area (TPSA) is 60.9 Å². The van der Waals surface area contributed by atoms with Gasteiger partial charge in [-0.2, -0.15) is 0 Å². The first-order chi connectivity index (χ1) is 16.7. The summed E-state index contributed by atoms with van der Waals surface area (Å²) in [7, 11) is -3.92. The molecule has 0 saturated carbocycles. The standard InChI is InChI=1S/C27H30ClN3O3S/c1-20-10-12-24(17-22(20)3)31(35(33,34)25-7-5-4-6-8-25)19-27(32)30-15-13-29(14-16-30)26-18-23(28)11-9-21(26)2/h4-12,17-18H,13-16,19H2,1-3H3. The molecule has 4 rings (SSSR count). The summed E-state index contributed by atoms with van der Waals surface area (Å²) in [5.41, 5.74) is 4.70. The number of halogens is 1. The minimum Gasteiger partial charge on any atom is -0.368 e. The Bertz CT molecular complexity index is 1320. The van der Waals surface area contributed by atoms with Gasteiger partial charge < -0.3 is 9.80 Å². The fraction of sp³-hybridized carbons (Fsp3) is 0.296. The largest absolute Gasteiger partial charge is 0.368 e. The van der Waals surface area contributed by atoms with Gasteiger partial charge in [-0.05, 0) is 73.9 Å². The molecule has 0 unspecified atom stereocenters. The molecule has 35 heavy (non-hydrogen) atoms. The zero-order chi connectivity index (χ0) is 25.2. The molecular weight excluding hydrogens is 482 g/mol. The van der Waals surface area contributed by atoms with Crippen LogP contribution in [0.5, 0.6) is 0 Å². The highest BCUT2D eigenvalue weighted by Gasteiger charge is 2.30. The zero-order valence-electron chi connectivity index (χ0n) is 20.2. The fourth-order valence-electron chi connectivity index (χ4n) is 4.26. The van der Waals surface area contributed by atoms with Crippen molar-refractivity contribution in [1.29, 1.82) is 0 Å². The van der Waals surface area contributed by atoms with Crippen LogP contribution >= 0.6 is 11.6 Å². The zero-order valence-corrected chi connectivity index (χ0v) is 21.8. The average Bonchev–Trinajstić information content (AvgIpc) is 2.86. The number of carbonyl (C=O) groups excluding carboxylic acids is 1. The third-order valence-electron chi connectivity index (χ3n) is 6.53. The lowest BCUT2D eigenvalue weighted by molar-refractivity contribution is -0.129. The van der Waals surface area contributed by atoms with Crippen molar-refractivity contribution in [2.75, 3.05) is 41.9 Å². The molecule has 1 heterocycles. The lowest BCUT2D eigenvalue weighted by atomic mass is 10.1. The molecule has 1 fully saturated rings. The van der Waals surface area contributed by atoms with Crippen LogP contribution in [0.3, 0.4) is 0 Å². The van der Waals surface area contributed by atoms with Crippen molar-refractivity contribution in [3.05, 3.63) is 88.4 Å². The Kier molecular flexibility index (Phi) is 7.38. The van der Waals surface area contributed by atoms with Crippen LogP contribution in [0.15, 0.2) is 71.6 Å². The highest BCUT2D eigenvalue weighted by molar-refractivity contribution is 7.92. The molecule has 6 nitrogen and oxygen atoms in total. The first kappa shape index (κ1) is 25.1. The van der Waals surface area contributed by atoms with Crippen LogP contribution in [-0.4, -0.2) is 51.9 Å². The summed E-state index contributed by atoms with van der Waals surface area (Å²) in [5.74, 6) is -0.217. The molecular formula is C27H30ClN3O3S. The van der Waals surface area contributed by atoms with Gasteiger partial charge >= 0.3 is 0 Å². The van der Waals surface area contributed by atoms with Crippen LogP contribution in [0, 0.1) is 20.8 Å². The molecule has 0 aromatic heterocycles. The van der Waals surface area contributed by atoms with Crippen molar-refractivity contribution in [2.45, 2.75) is 25.7 Å². The van der Waals surface area contributed by atoms with Crippen LogP contribution in [0.1, 0.15) is 16.7 Å². The van der Waals surface area contributed by atoms with Gasteiger partial charge in [-0.1, -0.05) is 41.9 Å². The quantitative estimate of drug-likeness (QED) is 0.476. The number of carbonyl (C=O) groups is 1. The van der Waals surface area contributed by atoms with Gasteiger partial charge in [0.2, 0.25) is 5.91 Å². The molecule has 0 aliphatic carbocycles. The molecule has 1 aliphatic heterocycles. The molecule has 184 valence electrons. The highest BCUT2D eigenvalue weighted by Crippen LogP contribution is 2.27. The van der Waals surface area contributed by atoms with E-state index in [0.29, 0.717) is 36.9 Å². The number of piperazine rings is 1. The number of benzene rings is 3. The highest BCUT2D eigenvalue weighted by atomic mass is 35.5. The van der Waals surface area contributed by atoms with Crippen LogP contribution in [-0.2, 0) is 14.8 Å². The molecule has 0 bridgehead atoms. The maximum atomic E-state index is 13.6. The van der Waals surface area contributed by atoms with Crippen LogP contribution in [0.2, 0.25) is 5.02 Å². The van der Waals surface area contributed by atoms with Crippen LogP contribution < -0.4 is 9.21 Å². The first-order valence-corrected chi connectivity index (χ1v) is 13.4. The Morgan fingerprint density at radius 1 is 0.857 bits per heavy atom. The SMILES string of the molecule is Cc1ccc(N(CC(=O)N2CCN(c3cc(Cl)ccc3C)CC2)S(=O)(=O)c2ccccc2)cc1C. The predicted molar refractivity (Wildman–Crippen MR) is 142 cm³/mol. The van der Waals surface area contributed by atoms with E-state index in [9.17, 15) is 13.2 Å². The minimum absolute atomic E-state index is 0.160. The second kappa shape index (κ2) is 10.3. The molecule has 0 atom stereocenters. The number of hydrogen-bond donors (Lipinski definition) is 0. The summed E-state index contributed by atoms with van der Waals surface area (Å²) in [6.45, 7) is 8.03. The Balaban J connectivity index is 1.55. The third-order valence-corrected chi connectivity index (χ3v) is 8.56. The Morgan fingerprint density at radius 2 is 1.51 bits per heavy atom. The molecule has 0 radical (unpaired) electrons. The maximum absolute atomic E-state index is 13.6. The number of anilines is 2. The summed E-state index contributed by atoms with van der Waals surface area (Å²) in [6, 6.07) is 19.5. The maximum Gasteiger partial charge on any atom is 0.264 e. The van der Waals surface area contributed by atoms with Gasteiger partial charge in [-0.25, -0.2) is 8.42 Å². The van der Waals surface area contributed by atoms with E-state index in [4.69, 9.17) is 11.6 Å². The van der Waals surface area contributed by atoms with Crippen molar-refractivity contribution in [3.8, 4) is 0 Å². The van der Waals surface area contributed by atoms with Crippen molar-refractivity contribution in [3.63, 3.8) is 0 Å². The van der Waals surface area contributed by atoms with Crippen LogP contribution in [0.4, 0.5) is 11.4 Å². The van der Waals surface area contributed by atoms with Gasteiger partial charge in [0.25, 0.3) is 10.0 Å². The summed E-state index contributed by atoms with van der Waals surface area (Å²) >= 11 is 6.19. The van der Waals surface area contributed by atoms with E-state index in [1.165, 1.54) is 4.31 Å². The monoisotopic (exact) mass is 511 g/mol. The molecule has 1 aliphatic rings. The third kappa shape index (κ3) is 5.46. The second-order valence-corrected chi connectivity index (χ2v) is 11.2. The molecule has 1 saturated heterocycles. The van der Waals surface area contributed by atoms with Gasteiger partial charge in [0.05, 0.1) is 10.6 Å². The smallest absolute Gasteiger partial charge is 0.264 e. The predicted octanol–water partition coefficient (Wildman–Crippen LogP) is 4.81. The molecule has 0 spiro atoms. The summed E-state index contributed by atoms with van der Waals surface area (Å²) < 4.78 is 28.4. The molecule has 8 heteroatoms. The lowest BCUT2D eigenvalue weighted by Gasteiger charge is -2.37. The van der Waals surface area contributed by atoms with Gasteiger partial charge in [-0.15, -0.1) is 0 Å². The van der Waals surface area contributed by atoms with E-state index >= 15 is 0 Å². The number of rotatable bonds is 6. The summed E-state index contributed by atoms with van der Waals surface area (Å²) in [5, 5.41) is 0.680.